The third kappa shape index (κ3) is 5.44. The predicted octanol–water partition coefficient (Wildman–Crippen LogP) is 5.21. The summed E-state index contributed by atoms with van der Waals surface area (Å²) < 4.78 is 22.4. The lowest BCUT2D eigenvalue weighted by molar-refractivity contribution is -0.154. The molecule has 170 valence electrons. The van der Waals surface area contributed by atoms with E-state index < -0.39 is 6.10 Å². The van der Waals surface area contributed by atoms with Gasteiger partial charge in [-0.05, 0) is 53.5 Å². The van der Waals surface area contributed by atoms with E-state index in [-0.39, 0.29) is 5.97 Å². The maximum Gasteiger partial charge on any atom is 0.335 e. The fourth-order valence-corrected chi connectivity index (χ4v) is 3.90. The van der Waals surface area contributed by atoms with Crippen LogP contribution in [0.4, 0.5) is 0 Å². The minimum absolute atomic E-state index is 0.335. The molecule has 1 heterocycles. The Labute approximate surface area is 194 Å². The monoisotopic (exact) mass is 444 g/mol. The molecule has 0 aromatic heterocycles. The summed E-state index contributed by atoms with van der Waals surface area (Å²) in [5.74, 6) is 1.28. The van der Waals surface area contributed by atoms with Crippen molar-refractivity contribution in [2.75, 3.05) is 20.3 Å². The highest BCUT2D eigenvalue weighted by Gasteiger charge is 2.20. The van der Waals surface area contributed by atoms with Crippen LogP contribution in [0.3, 0.4) is 0 Å². The zero-order chi connectivity index (χ0) is 23.0. The van der Waals surface area contributed by atoms with Crippen LogP contribution in [0.5, 0.6) is 11.5 Å². The minimum atomic E-state index is -0.612. The number of benzene rings is 3. The van der Waals surface area contributed by atoms with E-state index in [2.05, 4.69) is 24.3 Å². The van der Waals surface area contributed by atoms with Crippen LogP contribution >= 0.6 is 0 Å². The average molecular weight is 445 g/mol. The summed E-state index contributed by atoms with van der Waals surface area (Å²) in [5.41, 5.74) is 5.45. The van der Waals surface area contributed by atoms with Gasteiger partial charge in [-0.3, -0.25) is 0 Å². The number of esters is 1. The number of ether oxygens (including phenoxy) is 4. The maximum atomic E-state index is 11.9. The highest BCUT2D eigenvalue weighted by molar-refractivity contribution is 5.85. The Morgan fingerprint density at radius 2 is 1.73 bits per heavy atom. The van der Waals surface area contributed by atoms with E-state index in [0.29, 0.717) is 26.2 Å². The average Bonchev–Trinajstić information content (AvgIpc) is 3.01. The summed E-state index contributed by atoms with van der Waals surface area (Å²) in [6, 6.07) is 24.1. The molecule has 0 amide bonds. The van der Waals surface area contributed by atoms with Gasteiger partial charge in [0.05, 0.1) is 6.61 Å². The first-order valence-corrected chi connectivity index (χ1v) is 11.1. The smallest absolute Gasteiger partial charge is 0.335 e. The van der Waals surface area contributed by atoms with Crippen LogP contribution < -0.4 is 9.47 Å². The second-order valence-electron chi connectivity index (χ2n) is 7.70. The second-order valence-corrected chi connectivity index (χ2v) is 7.70. The molecule has 0 fully saturated rings. The van der Waals surface area contributed by atoms with Crippen molar-refractivity contribution in [3.05, 3.63) is 101 Å². The Kier molecular flexibility index (Phi) is 7.43. The van der Waals surface area contributed by atoms with Gasteiger partial charge >= 0.3 is 5.97 Å². The van der Waals surface area contributed by atoms with E-state index in [0.717, 1.165) is 39.3 Å². The lowest BCUT2D eigenvalue weighted by Gasteiger charge is -2.14. The molecule has 5 nitrogen and oxygen atoms in total. The number of fused-ring (bicyclic) bond motifs is 2. The molecule has 33 heavy (non-hydrogen) atoms. The molecule has 0 bridgehead atoms. The molecular weight excluding hydrogens is 416 g/mol. The molecule has 0 spiro atoms. The van der Waals surface area contributed by atoms with E-state index in [1.54, 1.807) is 6.92 Å². The molecule has 3 aromatic rings. The van der Waals surface area contributed by atoms with Gasteiger partial charge in [0.25, 0.3) is 0 Å². The molecule has 0 radical (unpaired) electrons. The third-order valence-electron chi connectivity index (χ3n) is 5.58. The van der Waals surface area contributed by atoms with Gasteiger partial charge in [-0.15, -0.1) is 0 Å². The first-order chi connectivity index (χ1) is 16.2. The molecule has 5 heteroatoms. The number of methoxy groups -OCH3 is 1. The van der Waals surface area contributed by atoms with Crippen molar-refractivity contribution in [1.29, 1.82) is 0 Å². The third-order valence-corrected chi connectivity index (χ3v) is 5.58. The molecule has 0 saturated carbocycles. The van der Waals surface area contributed by atoms with Crippen LogP contribution in [0.25, 0.3) is 5.57 Å². The van der Waals surface area contributed by atoms with Gasteiger partial charge in [-0.25, -0.2) is 4.79 Å². The lowest BCUT2D eigenvalue weighted by atomic mass is 9.94. The summed E-state index contributed by atoms with van der Waals surface area (Å²) in [5, 5.41) is 0. The zero-order valence-electron chi connectivity index (χ0n) is 19.0. The highest BCUT2D eigenvalue weighted by atomic mass is 16.6. The molecule has 0 saturated heterocycles. The van der Waals surface area contributed by atoms with E-state index in [1.165, 1.54) is 7.11 Å². The van der Waals surface area contributed by atoms with Crippen LogP contribution in [-0.4, -0.2) is 32.4 Å². The maximum absolute atomic E-state index is 11.9. The van der Waals surface area contributed by atoms with E-state index in [1.807, 2.05) is 54.6 Å². The topological polar surface area (TPSA) is 54.0 Å². The number of carbonyl (C=O) groups is 1. The van der Waals surface area contributed by atoms with Crippen molar-refractivity contribution in [3.8, 4) is 11.5 Å². The van der Waals surface area contributed by atoms with Crippen molar-refractivity contribution in [2.45, 2.75) is 26.1 Å². The van der Waals surface area contributed by atoms with Gasteiger partial charge in [0.1, 0.15) is 24.7 Å². The van der Waals surface area contributed by atoms with Crippen molar-refractivity contribution < 1.29 is 23.7 Å². The minimum Gasteiger partial charge on any atom is -0.490 e. The predicted molar refractivity (Wildman–Crippen MR) is 127 cm³/mol. The van der Waals surface area contributed by atoms with Crippen LogP contribution in [-0.2, 0) is 27.3 Å². The number of hydrogen-bond donors (Lipinski definition) is 0. The Bertz CT molecular complexity index is 1070. The first-order valence-electron chi connectivity index (χ1n) is 11.1. The number of rotatable bonds is 8. The number of para-hydroxylation sites is 1. The van der Waals surface area contributed by atoms with Gasteiger partial charge in [0.15, 0.2) is 6.10 Å². The highest BCUT2D eigenvalue weighted by Crippen LogP contribution is 2.36. The van der Waals surface area contributed by atoms with Gasteiger partial charge in [-0.2, -0.15) is 0 Å². The zero-order valence-corrected chi connectivity index (χ0v) is 19.0. The number of hydrogen-bond acceptors (Lipinski definition) is 5. The summed E-state index contributed by atoms with van der Waals surface area (Å²) in [6.45, 7) is 3.08. The van der Waals surface area contributed by atoms with Crippen LogP contribution in [0, 0.1) is 0 Å². The van der Waals surface area contributed by atoms with E-state index in [9.17, 15) is 4.79 Å². The van der Waals surface area contributed by atoms with Gasteiger partial charge < -0.3 is 18.9 Å². The SMILES string of the molecule is CCOC(=O)C(Cc1ccc(OC/C=C2/c3ccccc3COc3ccccc32)cc1)OC. The molecule has 1 atom stereocenters. The second kappa shape index (κ2) is 10.8. The Morgan fingerprint density at radius 3 is 2.48 bits per heavy atom. The standard InChI is InChI=1S/C28H28O5/c1-3-31-28(29)27(30-2)18-20-12-14-22(15-13-20)32-17-16-24-23-9-5-4-8-21(23)19-33-26-11-7-6-10-25(24)26/h4-16,27H,3,17-19H2,1-2H3/b24-16-. The lowest BCUT2D eigenvalue weighted by Crippen LogP contribution is -2.27. The Morgan fingerprint density at radius 1 is 1.00 bits per heavy atom. The van der Waals surface area contributed by atoms with Crippen molar-refractivity contribution in [1.82, 2.24) is 0 Å². The van der Waals surface area contributed by atoms with E-state index in [4.69, 9.17) is 18.9 Å². The molecule has 1 aliphatic heterocycles. The van der Waals surface area contributed by atoms with Gasteiger partial charge in [-0.1, -0.05) is 54.6 Å². The van der Waals surface area contributed by atoms with Gasteiger partial charge in [0, 0.05) is 19.1 Å². The first kappa shape index (κ1) is 22.6. The van der Waals surface area contributed by atoms with E-state index >= 15 is 0 Å². The van der Waals surface area contributed by atoms with Crippen LogP contribution in [0.2, 0.25) is 0 Å². The fraction of sp³-hybridized carbons (Fsp3) is 0.250. The molecule has 0 N–H and O–H groups in total. The van der Waals surface area contributed by atoms with Crippen molar-refractivity contribution in [2.24, 2.45) is 0 Å². The fourth-order valence-electron chi connectivity index (χ4n) is 3.90. The summed E-state index contributed by atoms with van der Waals surface area (Å²) >= 11 is 0. The Balaban J connectivity index is 1.47. The van der Waals surface area contributed by atoms with Gasteiger partial charge in [0.2, 0.25) is 0 Å². The molecule has 1 aliphatic rings. The summed E-state index contributed by atoms with van der Waals surface area (Å²) in [7, 11) is 1.52. The molecule has 1 unspecified atom stereocenters. The molecule has 4 rings (SSSR count). The van der Waals surface area contributed by atoms with Crippen LogP contribution in [0.15, 0.2) is 78.9 Å². The summed E-state index contributed by atoms with van der Waals surface area (Å²) in [6.07, 6.45) is 1.94. The quantitative estimate of drug-likeness (QED) is 0.447. The molecule has 0 aliphatic carbocycles. The van der Waals surface area contributed by atoms with Crippen molar-refractivity contribution in [3.63, 3.8) is 0 Å². The normalized spacial score (nSPS) is 14.4. The molecular formula is C28H28O5. The molecule has 3 aromatic carbocycles. The van der Waals surface area contributed by atoms with Crippen molar-refractivity contribution >= 4 is 11.5 Å². The summed E-state index contributed by atoms with van der Waals surface area (Å²) in [4.78, 5) is 11.9. The number of carbonyl (C=O) groups excluding carboxylic acids is 1. The van der Waals surface area contributed by atoms with Crippen LogP contribution in [0.1, 0.15) is 29.2 Å². The largest absolute Gasteiger partial charge is 0.490 e. The Hall–Kier alpha value is -3.57.